The van der Waals surface area contributed by atoms with Gasteiger partial charge in [-0.05, 0) is 30.5 Å². The molecule has 6 heteroatoms. The van der Waals surface area contributed by atoms with Gasteiger partial charge >= 0.3 is 0 Å². The van der Waals surface area contributed by atoms with Crippen molar-refractivity contribution in [1.29, 1.82) is 0 Å². The number of nitrogens with zero attached hydrogens (tertiary/aromatic N) is 1. The van der Waals surface area contributed by atoms with Crippen molar-refractivity contribution in [3.63, 3.8) is 0 Å². The predicted octanol–water partition coefficient (Wildman–Crippen LogP) is 3.14. The molecule has 0 radical (unpaired) electrons. The van der Waals surface area contributed by atoms with Crippen LogP contribution >= 0.6 is 0 Å². The van der Waals surface area contributed by atoms with Crippen molar-refractivity contribution in [3.8, 4) is 0 Å². The normalized spacial score (nSPS) is 12.8. The summed E-state index contributed by atoms with van der Waals surface area (Å²) in [6.07, 6.45) is 1.30. The minimum Gasteiger partial charge on any atom is -0.377 e. The van der Waals surface area contributed by atoms with Gasteiger partial charge in [-0.1, -0.05) is 54.6 Å². The predicted molar refractivity (Wildman–Crippen MR) is 116 cm³/mol. The van der Waals surface area contributed by atoms with Gasteiger partial charge in [0.15, 0.2) is 0 Å². The third kappa shape index (κ3) is 4.70. The number of hydrogen-bond acceptors (Lipinski definition) is 4. The van der Waals surface area contributed by atoms with Crippen LogP contribution in [0.1, 0.15) is 12.0 Å². The van der Waals surface area contributed by atoms with Crippen molar-refractivity contribution in [2.75, 3.05) is 25.5 Å². The Morgan fingerprint density at radius 3 is 2.32 bits per heavy atom. The smallest absolute Gasteiger partial charge is 0.241 e. The number of benzene rings is 3. The molecule has 1 atom stereocenters. The van der Waals surface area contributed by atoms with E-state index in [4.69, 9.17) is 5.73 Å². The molecule has 3 rings (SSSR count). The zero-order valence-electron chi connectivity index (χ0n) is 16.3. The highest BCUT2D eigenvalue weighted by molar-refractivity contribution is 7.89. The van der Waals surface area contributed by atoms with E-state index < -0.39 is 10.0 Å². The lowest BCUT2D eigenvalue weighted by Gasteiger charge is -2.17. The summed E-state index contributed by atoms with van der Waals surface area (Å²) >= 11 is 0. The quantitative estimate of drug-likeness (QED) is 0.612. The van der Waals surface area contributed by atoms with Gasteiger partial charge in [-0.15, -0.1) is 0 Å². The van der Waals surface area contributed by atoms with Gasteiger partial charge in [0, 0.05) is 43.1 Å². The summed E-state index contributed by atoms with van der Waals surface area (Å²) in [5.41, 5.74) is 8.32. The van der Waals surface area contributed by atoms with Gasteiger partial charge in [-0.2, -0.15) is 0 Å². The van der Waals surface area contributed by atoms with Crippen molar-refractivity contribution >= 4 is 26.5 Å². The highest BCUT2D eigenvalue weighted by atomic mass is 32.2. The molecule has 0 saturated heterocycles. The number of nitrogens with one attached hydrogen (secondary N) is 1. The summed E-state index contributed by atoms with van der Waals surface area (Å²) in [6, 6.07) is 21.0. The molecule has 1 unspecified atom stereocenters. The first kappa shape index (κ1) is 20.3. The number of rotatable bonds is 8. The molecule has 0 aliphatic carbocycles. The van der Waals surface area contributed by atoms with Crippen LogP contribution in [0, 0.1) is 0 Å². The van der Waals surface area contributed by atoms with E-state index in [9.17, 15) is 8.42 Å². The van der Waals surface area contributed by atoms with E-state index >= 15 is 0 Å². The minimum absolute atomic E-state index is 0.0991. The largest absolute Gasteiger partial charge is 0.377 e. The fourth-order valence-corrected chi connectivity index (χ4v) is 4.63. The van der Waals surface area contributed by atoms with Crippen molar-refractivity contribution in [3.05, 3.63) is 72.3 Å². The first-order valence-corrected chi connectivity index (χ1v) is 10.8. The number of nitrogens with two attached hydrogens (primary N) is 1. The Labute approximate surface area is 167 Å². The van der Waals surface area contributed by atoms with Crippen LogP contribution in [0.15, 0.2) is 71.6 Å². The highest BCUT2D eigenvalue weighted by Crippen LogP contribution is 2.30. The topological polar surface area (TPSA) is 75.4 Å². The second kappa shape index (κ2) is 8.73. The van der Waals surface area contributed by atoms with Crippen molar-refractivity contribution in [2.45, 2.75) is 23.8 Å². The third-order valence-electron chi connectivity index (χ3n) is 4.78. The van der Waals surface area contributed by atoms with Crippen LogP contribution in [0.4, 0.5) is 5.69 Å². The molecular formula is C22H27N3O2S. The Bertz CT molecular complexity index is 1030. The molecule has 0 bridgehead atoms. The maximum absolute atomic E-state index is 12.9. The first-order chi connectivity index (χ1) is 13.4. The molecule has 148 valence electrons. The highest BCUT2D eigenvalue weighted by Gasteiger charge is 2.18. The van der Waals surface area contributed by atoms with Crippen LogP contribution in [0.2, 0.25) is 0 Å². The molecule has 28 heavy (non-hydrogen) atoms. The number of fused-ring (bicyclic) bond motifs is 1. The van der Waals surface area contributed by atoms with E-state index in [0.29, 0.717) is 17.9 Å². The lowest BCUT2D eigenvalue weighted by atomic mass is 10.0. The van der Waals surface area contributed by atoms with Gasteiger partial charge in [0.2, 0.25) is 10.0 Å². The van der Waals surface area contributed by atoms with Gasteiger partial charge < -0.3 is 10.6 Å². The molecule has 0 amide bonds. The van der Waals surface area contributed by atoms with Crippen LogP contribution in [-0.4, -0.2) is 35.1 Å². The average molecular weight is 398 g/mol. The molecule has 0 heterocycles. The minimum atomic E-state index is -3.62. The molecular weight excluding hydrogens is 370 g/mol. The van der Waals surface area contributed by atoms with E-state index in [1.54, 1.807) is 12.1 Å². The van der Waals surface area contributed by atoms with Crippen LogP contribution < -0.4 is 15.4 Å². The molecule has 0 aliphatic rings. The van der Waals surface area contributed by atoms with E-state index in [-0.39, 0.29) is 6.04 Å². The van der Waals surface area contributed by atoms with Crippen molar-refractivity contribution in [1.82, 2.24) is 4.72 Å². The van der Waals surface area contributed by atoms with Crippen molar-refractivity contribution < 1.29 is 8.42 Å². The molecule has 3 aromatic rings. The molecule has 0 saturated carbocycles. The van der Waals surface area contributed by atoms with Gasteiger partial charge in [-0.25, -0.2) is 13.1 Å². The second-order valence-electron chi connectivity index (χ2n) is 7.16. The zero-order chi connectivity index (χ0) is 20.1. The zero-order valence-corrected chi connectivity index (χ0v) is 17.1. The Morgan fingerprint density at radius 1 is 0.929 bits per heavy atom. The molecule has 0 aliphatic heterocycles. The van der Waals surface area contributed by atoms with Gasteiger partial charge in [0.1, 0.15) is 0 Å². The SMILES string of the molecule is CN(C)c1cccc2c(S(=O)(=O)NCCC(N)Cc3ccccc3)cccc12. The molecule has 3 aromatic carbocycles. The lowest BCUT2D eigenvalue weighted by Crippen LogP contribution is -2.31. The van der Waals surface area contributed by atoms with Gasteiger partial charge in [0.05, 0.1) is 4.90 Å². The first-order valence-electron chi connectivity index (χ1n) is 9.37. The Hall–Kier alpha value is -2.41. The monoisotopic (exact) mass is 397 g/mol. The van der Waals surface area contributed by atoms with E-state index in [2.05, 4.69) is 4.72 Å². The van der Waals surface area contributed by atoms with Gasteiger partial charge in [-0.3, -0.25) is 0 Å². The maximum Gasteiger partial charge on any atom is 0.241 e. The number of anilines is 1. The molecule has 0 aromatic heterocycles. The number of sulfonamides is 1. The fourth-order valence-electron chi connectivity index (χ4n) is 3.36. The Balaban J connectivity index is 1.72. The summed E-state index contributed by atoms with van der Waals surface area (Å²) in [6.45, 7) is 0.306. The van der Waals surface area contributed by atoms with E-state index in [0.717, 1.165) is 28.4 Å². The molecule has 0 fully saturated rings. The van der Waals surface area contributed by atoms with Crippen LogP contribution in [0.3, 0.4) is 0 Å². The van der Waals surface area contributed by atoms with Gasteiger partial charge in [0.25, 0.3) is 0 Å². The maximum atomic E-state index is 12.9. The number of hydrogen-bond donors (Lipinski definition) is 2. The second-order valence-corrected chi connectivity index (χ2v) is 8.89. The average Bonchev–Trinajstić information content (AvgIpc) is 2.67. The molecule has 5 nitrogen and oxygen atoms in total. The van der Waals surface area contributed by atoms with Crippen molar-refractivity contribution in [2.24, 2.45) is 5.73 Å². The van der Waals surface area contributed by atoms with E-state index in [1.807, 2.05) is 73.6 Å². The Morgan fingerprint density at radius 2 is 1.61 bits per heavy atom. The van der Waals surface area contributed by atoms with Crippen LogP contribution in [-0.2, 0) is 16.4 Å². The molecule has 3 N–H and O–H groups in total. The van der Waals surface area contributed by atoms with E-state index in [1.165, 1.54) is 0 Å². The van der Waals surface area contributed by atoms with Crippen LogP contribution in [0.5, 0.6) is 0 Å². The summed E-state index contributed by atoms with van der Waals surface area (Å²) in [7, 11) is 0.272. The summed E-state index contributed by atoms with van der Waals surface area (Å²) in [5, 5.41) is 1.63. The third-order valence-corrected chi connectivity index (χ3v) is 6.30. The standard InChI is InChI=1S/C22H27N3O2S/c1-25(2)21-12-6-11-20-19(21)10-7-13-22(20)28(26,27)24-15-14-18(23)16-17-8-4-3-5-9-17/h3-13,18,24H,14-16,23H2,1-2H3. The summed E-state index contributed by atoms with van der Waals surface area (Å²) in [5.74, 6) is 0. The Kier molecular flexibility index (Phi) is 6.34. The molecule has 0 spiro atoms. The van der Waals surface area contributed by atoms with Crippen LogP contribution in [0.25, 0.3) is 10.8 Å². The lowest BCUT2D eigenvalue weighted by molar-refractivity contribution is 0.563. The fraction of sp³-hybridized carbons (Fsp3) is 0.273. The summed E-state index contributed by atoms with van der Waals surface area (Å²) < 4.78 is 28.5. The summed E-state index contributed by atoms with van der Waals surface area (Å²) in [4.78, 5) is 2.28.